The van der Waals surface area contributed by atoms with E-state index < -0.39 is 0 Å². The van der Waals surface area contributed by atoms with Crippen molar-refractivity contribution in [1.29, 1.82) is 0 Å². The standard InChI is InChI=1S/C18H13ClO4/c1-11(20)10-22-13-6-7-14-16(9-13)23-17(18(14)21)8-12-4-2-3-5-15(12)19/h2-9H,10H2,1H3. The Bertz CT molecular complexity index is 824. The molecule has 1 heterocycles. The molecule has 0 unspecified atom stereocenters. The maximum absolute atomic E-state index is 12.4. The minimum absolute atomic E-state index is 0.0188. The van der Waals surface area contributed by atoms with E-state index in [4.69, 9.17) is 21.1 Å². The highest BCUT2D eigenvalue weighted by Gasteiger charge is 2.27. The van der Waals surface area contributed by atoms with Crippen molar-refractivity contribution in [3.05, 3.63) is 64.4 Å². The normalized spacial score (nSPS) is 14.5. The predicted molar refractivity (Wildman–Crippen MR) is 87.0 cm³/mol. The minimum atomic E-state index is -0.210. The molecular weight excluding hydrogens is 316 g/mol. The molecule has 1 aliphatic rings. The molecule has 0 N–H and O–H groups in total. The fourth-order valence-electron chi connectivity index (χ4n) is 2.18. The Morgan fingerprint density at radius 3 is 2.78 bits per heavy atom. The molecule has 0 bridgehead atoms. The Balaban J connectivity index is 1.87. The highest BCUT2D eigenvalue weighted by molar-refractivity contribution is 6.32. The topological polar surface area (TPSA) is 52.6 Å². The van der Waals surface area contributed by atoms with E-state index in [9.17, 15) is 9.59 Å². The Morgan fingerprint density at radius 1 is 1.26 bits per heavy atom. The lowest BCUT2D eigenvalue weighted by Gasteiger charge is -2.05. The molecule has 116 valence electrons. The molecule has 0 spiro atoms. The number of hydrogen-bond acceptors (Lipinski definition) is 4. The monoisotopic (exact) mass is 328 g/mol. The van der Waals surface area contributed by atoms with Crippen LogP contribution in [0.4, 0.5) is 0 Å². The third-order valence-electron chi connectivity index (χ3n) is 3.28. The molecule has 23 heavy (non-hydrogen) atoms. The Labute approximate surface area is 138 Å². The zero-order chi connectivity index (χ0) is 16.4. The summed E-state index contributed by atoms with van der Waals surface area (Å²) in [5, 5.41) is 0.540. The molecule has 0 fully saturated rings. The molecule has 0 atom stereocenters. The number of allylic oxidation sites excluding steroid dienone is 1. The summed E-state index contributed by atoms with van der Waals surface area (Å²) in [5.41, 5.74) is 1.16. The molecule has 0 amide bonds. The number of ketones is 2. The van der Waals surface area contributed by atoms with E-state index in [1.807, 2.05) is 12.1 Å². The predicted octanol–water partition coefficient (Wildman–Crippen LogP) is 3.92. The summed E-state index contributed by atoms with van der Waals surface area (Å²) in [4.78, 5) is 23.3. The van der Waals surface area contributed by atoms with Gasteiger partial charge in [0, 0.05) is 11.1 Å². The quantitative estimate of drug-likeness (QED) is 0.798. The first-order valence-electron chi connectivity index (χ1n) is 6.99. The zero-order valence-electron chi connectivity index (χ0n) is 12.3. The van der Waals surface area contributed by atoms with Crippen molar-refractivity contribution >= 4 is 29.2 Å². The van der Waals surface area contributed by atoms with Crippen molar-refractivity contribution in [1.82, 2.24) is 0 Å². The van der Waals surface area contributed by atoms with E-state index in [0.717, 1.165) is 0 Å². The second-order valence-electron chi connectivity index (χ2n) is 5.11. The molecular formula is C18H13ClO4. The number of ether oxygens (including phenoxy) is 2. The van der Waals surface area contributed by atoms with Gasteiger partial charge in [-0.15, -0.1) is 0 Å². The van der Waals surface area contributed by atoms with Crippen molar-refractivity contribution in [2.45, 2.75) is 6.92 Å². The molecule has 3 rings (SSSR count). The Morgan fingerprint density at radius 2 is 2.04 bits per heavy atom. The van der Waals surface area contributed by atoms with Crippen LogP contribution in [0, 0.1) is 0 Å². The molecule has 2 aromatic carbocycles. The molecule has 0 aromatic heterocycles. The number of fused-ring (bicyclic) bond motifs is 1. The fourth-order valence-corrected chi connectivity index (χ4v) is 2.37. The fraction of sp³-hybridized carbons (Fsp3) is 0.111. The van der Waals surface area contributed by atoms with Gasteiger partial charge >= 0.3 is 0 Å². The van der Waals surface area contributed by atoms with Crippen LogP contribution in [0.15, 0.2) is 48.2 Å². The third kappa shape index (κ3) is 3.27. The smallest absolute Gasteiger partial charge is 0.231 e. The van der Waals surface area contributed by atoms with Crippen LogP contribution in [0.5, 0.6) is 11.5 Å². The molecule has 5 heteroatoms. The molecule has 4 nitrogen and oxygen atoms in total. The van der Waals surface area contributed by atoms with Crippen molar-refractivity contribution in [3.8, 4) is 11.5 Å². The second-order valence-corrected chi connectivity index (χ2v) is 5.52. The van der Waals surface area contributed by atoms with Gasteiger partial charge in [0.1, 0.15) is 18.1 Å². The molecule has 0 radical (unpaired) electrons. The number of carbonyl (C=O) groups is 2. The van der Waals surface area contributed by atoms with Gasteiger partial charge in [-0.3, -0.25) is 9.59 Å². The molecule has 0 aliphatic carbocycles. The van der Waals surface area contributed by atoms with Gasteiger partial charge in [-0.05, 0) is 36.8 Å². The summed E-state index contributed by atoms with van der Waals surface area (Å²) in [6.07, 6.45) is 1.61. The number of Topliss-reactive ketones (excluding diaryl/α,β-unsaturated/α-hetero) is 2. The minimum Gasteiger partial charge on any atom is -0.486 e. The van der Waals surface area contributed by atoms with Crippen LogP contribution in [0.25, 0.3) is 6.08 Å². The average Bonchev–Trinajstić information content (AvgIpc) is 2.83. The van der Waals surface area contributed by atoms with Crippen molar-refractivity contribution in [2.75, 3.05) is 6.61 Å². The van der Waals surface area contributed by atoms with Crippen molar-refractivity contribution in [2.24, 2.45) is 0 Å². The average molecular weight is 329 g/mol. The summed E-state index contributed by atoms with van der Waals surface area (Å²) in [6, 6.07) is 12.1. The Hall–Kier alpha value is -2.59. The summed E-state index contributed by atoms with van der Waals surface area (Å²) < 4.78 is 10.9. The maximum Gasteiger partial charge on any atom is 0.231 e. The van der Waals surface area contributed by atoms with Crippen LogP contribution in [0.3, 0.4) is 0 Å². The third-order valence-corrected chi connectivity index (χ3v) is 3.62. The van der Waals surface area contributed by atoms with Gasteiger partial charge in [0.15, 0.2) is 11.5 Å². The Kier molecular flexibility index (Phi) is 4.17. The highest BCUT2D eigenvalue weighted by atomic mass is 35.5. The molecule has 0 saturated carbocycles. The van der Waals surface area contributed by atoms with Gasteiger partial charge in [0.2, 0.25) is 5.78 Å². The van der Waals surface area contributed by atoms with E-state index >= 15 is 0 Å². The molecule has 0 saturated heterocycles. The van der Waals surface area contributed by atoms with Gasteiger partial charge in [0.05, 0.1) is 5.56 Å². The van der Waals surface area contributed by atoms with Crippen LogP contribution in [-0.4, -0.2) is 18.2 Å². The zero-order valence-corrected chi connectivity index (χ0v) is 13.1. The van der Waals surface area contributed by atoms with E-state index in [1.54, 1.807) is 36.4 Å². The lowest BCUT2D eigenvalue weighted by Crippen LogP contribution is -2.06. The highest BCUT2D eigenvalue weighted by Crippen LogP contribution is 2.35. The van der Waals surface area contributed by atoms with Crippen molar-refractivity contribution in [3.63, 3.8) is 0 Å². The summed E-state index contributed by atoms with van der Waals surface area (Å²) in [7, 11) is 0. The number of hydrogen-bond donors (Lipinski definition) is 0. The van der Waals surface area contributed by atoms with Gasteiger partial charge in [-0.25, -0.2) is 0 Å². The van der Waals surface area contributed by atoms with E-state index in [0.29, 0.717) is 27.6 Å². The second kappa shape index (κ2) is 6.26. The number of rotatable bonds is 4. The van der Waals surface area contributed by atoms with Crippen LogP contribution >= 0.6 is 11.6 Å². The lowest BCUT2D eigenvalue weighted by atomic mass is 10.1. The van der Waals surface area contributed by atoms with Gasteiger partial charge in [0.25, 0.3) is 0 Å². The van der Waals surface area contributed by atoms with Crippen LogP contribution in [0.2, 0.25) is 5.02 Å². The van der Waals surface area contributed by atoms with E-state index in [-0.39, 0.29) is 23.9 Å². The number of benzene rings is 2. The largest absolute Gasteiger partial charge is 0.486 e. The van der Waals surface area contributed by atoms with Crippen molar-refractivity contribution < 1.29 is 19.1 Å². The first-order valence-corrected chi connectivity index (χ1v) is 7.37. The first-order chi connectivity index (χ1) is 11.0. The number of carbonyl (C=O) groups excluding carboxylic acids is 2. The number of halogens is 1. The summed E-state index contributed by atoms with van der Waals surface area (Å²) in [5.74, 6) is 0.803. The maximum atomic E-state index is 12.4. The SMILES string of the molecule is CC(=O)COc1ccc2c(c1)OC(=Cc1ccccc1Cl)C2=O. The van der Waals surface area contributed by atoms with Gasteiger partial charge in [-0.1, -0.05) is 29.8 Å². The van der Waals surface area contributed by atoms with Crippen LogP contribution < -0.4 is 9.47 Å². The summed E-state index contributed by atoms with van der Waals surface area (Å²) in [6.45, 7) is 1.42. The van der Waals surface area contributed by atoms with E-state index in [2.05, 4.69) is 0 Å². The van der Waals surface area contributed by atoms with Crippen LogP contribution in [0.1, 0.15) is 22.8 Å². The van der Waals surface area contributed by atoms with Gasteiger partial charge < -0.3 is 9.47 Å². The van der Waals surface area contributed by atoms with Gasteiger partial charge in [-0.2, -0.15) is 0 Å². The first kappa shape index (κ1) is 15.3. The molecule has 1 aliphatic heterocycles. The molecule has 2 aromatic rings. The van der Waals surface area contributed by atoms with E-state index in [1.165, 1.54) is 6.92 Å². The lowest BCUT2D eigenvalue weighted by molar-refractivity contribution is -0.118. The van der Waals surface area contributed by atoms with Crippen LogP contribution in [-0.2, 0) is 4.79 Å². The summed E-state index contributed by atoms with van der Waals surface area (Å²) >= 11 is 6.09.